The van der Waals surface area contributed by atoms with Crippen LogP contribution in [0.5, 0.6) is 0 Å². The van der Waals surface area contributed by atoms with E-state index >= 15 is 0 Å². The first-order valence-electron chi connectivity index (χ1n) is 6.44. The monoisotopic (exact) mass is 259 g/mol. The second-order valence-corrected chi connectivity index (χ2v) is 4.72. The van der Waals surface area contributed by atoms with E-state index in [1.807, 2.05) is 0 Å². The Morgan fingerprint density at radius 2 is 2.26 bits per heavy atom. The highest BCUT2D eigenvalue weighted by atomic mass is 16.4. The van der Waals surface area contributed by atoms with Crippen LogP contribution in [-0.4, -0.2) is 45.6 Å². The van der Waals surface area contributed by atoms with Crippen LogP contribution in [0.3, 0.4) is 0 Å². The lowest BCUT2D eigenvalue weighted by Crippen LogP contribution is -2.36. The number of likely N-dealkylation sites (tertiary alicyclic amines) is 1. The number of hydrogen-bond donors (Lipinski definition) is 1. The minimum atomic E-state index is -0.712. The highest BCUT2D eigenvalue weighted by Gasteiger charge is 2.21. The van der Waals surface area contributed by atoms with Gasteiger partial charge in [-0.2, -0.15) is 0 Å². The Balaban J connectivity index is 1.83. The normalized spacial score (nSPS) is 19.5. The van der Waals surface area contributed by atoms with Gasteiger partial charge in [-0.3, -0.25) is 9.69 Å². The number of carboxylic acids is 1. The van der Waals surface area contributed by atoms with E-state index in [0.717, 1.165) is 25.9 Å². The third kappa shape index (κ3) is 4.68. The molecule has 19 heavy (non-hydrogen) atoms. The summed E-state index contributed by atoms with van der Waals surface area (Å²) in [5, 5.41) is 8.81. The summed E-state index contributed by atoms with van der Waals surface area (Å²) in [6.07, 6.45) is 5.63. The summed E-state index contributed by atoms with van der Waals surface area (Å²) in [7, 11) is 0. The van der Waals surface area contributed by atoms with Gasteiger partial charge in [0.1, 0.15) is 0 Å². The van der Waals surface area contributed by atoms with Gasteiger partial charge in [-0.15, -0.1) is 0 Å². The maximum absolute atomic E-state index is 10.7. The number of rotatable bonds is 3. The van der Waals surface area contributed by atoms with Crippen LogP contribution in [0.15, 0.2) is 18.5 Å². The van der Waals surface area contributed by atoms with Crippen LogP contribution < -0.4 is 0 Å². The zero-order valence-corrected chi connectivity index (χ0v) is 10.7. The Labute approximate surface area is 112 Å². The second kappa shape index (κ2) is 6.86. The number of aromatic nitrogens is 2. The smallest absolute Gasteiger partial charge is 0.303 e. The van der Waals surface area contributed by atoms with Crippen LogP contribution in [-0.2, 0) is 4.79 Å². The number of aliphatic carboxylic acids is 1. The first-order chi connectivity index (χ1) is 9.24. The Morgan fingerprint density at radius 3 is 3.00 bits per heavy atom. The van der Waals surface area contributed by atoms with E-state index in [2.05, 4.69) is 26.7 Å². The number of hydrogen-bond acceptors (Lipinski definition) is 4. The predicted octanol–water partition coefficient (Wildman–Crippen LogP) is 1.01. The summed E-state index contributed by atoms with van der Waals surface area (Å²) in [6, 6.07) is 1.76. The van der Waals surface area contributed by atoms with Gasteiger partial charge in [0.25, 0.3) is 0 Å². The molecule has 2 heterocycles. The molecule has 1 aliphatic rings. The highest BCUT2D eigenvalue weighted by molar-refractivity contribution is 5.67. The first-order valence-corrected chi connectivity index (χ1v) is 6.44. The second-order valence-electron chi connectivity index (χ2n) is 4.72. The summed E-state index contributed by atoms with van der Waals surface area (Å²) < 4.78 is 0. The maximum Gasteiger partial charge on any atom is 0.303 e. The van der Waals surface area contributed by atoms with E-state index in [1.54, 1.807) is 18.5 Å². The molecule has 1 fully saturated rings. The molecule has 0 amide bonds. The SMILES string of the molecule is O=C(O)CC1CCCN(CC#Cc2ncccn2)C1. The van der Waals surface area contributed by atoms with E-state index in [9.17, 15) is 4.79 Å². The van der Waals surface area contributed by atoms with Crippen molar-refractivity contribution in [3.05, 3.63) is 24.3 Å². The molecule has 1 aromatic rings. The van der Waals surface area contributed by atoms with Crippen molar-refractivity contribution < 1.29 is 9.90 Å². The van der Waals surface area contributed by atoms with Crippen molar-refractivity contribution in [3.8, 4) is 11.8 Å². The molecule has 5 nitrogen and oxygen atoms in total. The lowest BCUT2D eigenvalue weighted by atomic mass is 9.95. The molecule has 0 aromatic carbocycles. The molecule has 0 bridgehead atoms. The molecule has 1 unspecified atom stereocenters. The van der Waals surface area contributed by atoms with Gasteiger partial charge in [0, 0.05) is 25.4 Å². The molecule has 2 rings (SSSR count). The Kier molecular flexibility index (Phi) is 4.87. The van der Waals surface area contributed by atoms with Crippen LogP contribution in [0.2, 0.25) is 0 Å². The zero-order valence-electron chi connectivity index (χ0n) is 10.7. The van der Waals surface area contributed by atoms with Gasteiger partial charge in [0.05, 0.1) is 6.54 Å². The van der Waals surface area contributed by atoms with Gasteiger partial charge in [-0.1, -0.05) is 5.92 Å². The van der Waals surface area contributed by atoms with Crippen molar-refractivity contribution in [2.24, 2.45) is 5.92 Å². The summed E-state index contributed by atoms with van der Waals surface area (Å²) in [4.78, 5) is 21.0. The number of piperidine rings is 1. The minimum absolute atomic E-state index is 0.251. The number of carbonyl (C=O) groups is 1. The average Bonchev–Trinajstić information content (AvgIpc) is 2.40. The zero-order chi connectivity index (χ0) is 13.5. The molecule has 1 saturated heterocycles. The van der Waals surface area contributed by atoms with Crippen LogP contribution in [0.25, 0.3) is 0 Å². The summed E-state index contributed by atoms with van der Waals surface area (Å²) >= 11 is 0. The standard InChI is InChI=1S/C14H17N3O2/c18-14(19)10-12-4-1-8-17(11-12)9-2-5-13-15-6-3-7-16-13/h3,6-7,12H,1,4,8-11H2,(H,18,19). The summed E-state index contributed by atoms with van der Waals surface area (Å²) in [6.45, 7) is 2.45. The van der Waals surface area contributed by atoms with E-state index in [-0.39, 0.29) is 12.3 Å². The summed E-state index contributed by atoms with van der Waals surface area (Å²) in [5.74, 6) is 6.03. The lowest BCUT2D eigenvalue weighted by molar-refractivity contribution is -0.138. The third-order valence-corrected chi connectivity index (χ3v) is 3.14. The van der Waals surface area contributed by atoms with Gasteiger partial charge >= 0.3 is 5.97 Å². The topological polar surface area (TPSA) is 66.3 Å². The van der Waals surface area contributed by atoms with Crippen molar-refractivity contribution in [3.63, 3.8) is 0 Å². The first kappa shape index (κ1) is 13.5. The number of carboxylic acid groups (broad SMARTS) is 1. The van der Waals surface area contributed by atoms with Crippen molar-refractivity contribution >= 4 is 5.97 Å². The van der Waals surface area contributed by atoms with Gasteiger partial charge in [-0.25, -0.2) is 9.97 Å². The molecule has 100 valence electrons. The molecule has 1 N–H and O–H groups in total. The maximum atomic E-state index is 10.7. The molecule has 1 aromatic heterocycles. The Hall–Kier alpha value is -1.93. The van der Waals surface area contributed by atoms with Crippen molar-refractivity contribution in [2.75, 3.05) is 19.6 Å². The third-order valence-electron chi connectivity index (χ3n) is 3.14. The molecule has 1 aliphatic heterocycles. The van der Waals surface area contributed by atoms with Crippen LogP contribution in [0.4, 0.5) is 0 Å². The van der Waals surface area contributed by atoms with E-state index in [4.69, 9.17) is 5.11 Å². The van der Waals surface area contributed by atoms with E-state index in [1.165, 1.54) is 0 Å². The van der Waals surface area contributed by atoms with E-state index in [0.29, 0.717) is 12.4 Å². The van der Waals surface area contributed by atoms with Crippen molar-refractivity contribution in [2.45, 2.75) is 19.3 Å². The Morgan fingerprint density at radius 1 is 1.47 bits per heavy atom. The molecule has 0 spiro atoms. The van der Waals surface area contributed by atoms with Crippen molar-refractivity contribution in [1.29, 1.82) is 0 Å². The van der Waals surface area contributed by atoms with Crippen LogP contribution in [0, 0.1) is 17.8 Å². The van der Waals surface area contributed by atoms with Gasteiger partial charge < -0.3 is 5.11 Å². The number of nitrogens with zero attached hydrogens (tertiary/aromatic N) is 3. The average molecular weight is 259 g/mol. The molecule has 0 saturated carbocycles. The fourth-order valence-corrected chi connectivity index (χ4v) is 2.30. The van der Waals surface area contributed by atoms with Gasteiger partial charge in [0.15, 0.2) is 0 Å². The highest BCUT2D eigenvalue weighted by Crippen LogP contribution is 2.18. The summed E-state index contributed by atoms with van der Waals surface area (Å²) in [5.41, 5.74) is 0. The molecule has 5 heteroatoms. The molecule has 0 radical (unpaired) electrons. The molecular formula is C14H17N3O2. The van der Waals surface area contributed by atoms with E-state index < -0.39 is 5.97 Å². The minimum Gasteiger partial charge on any atom is -0.481 e. The quantitative estimate of drug-likeness (QED) is 0.821. The fraction of sp³-hybridized carbons (Fsp3) is 0.500. The molecule has 0 aliphatic carbocycles. The fourth-order valence-electron chi connectivity index (χ4n) is 2.30. The lowest BCUT2D eigenvalue weighted by Gasteiger charge is -2.30. The Bertz CT molecular complexity index is 478. The van der Waals surface area contributed by atoms with Crippen molar-refractivity contribution in [1.82, 2.24) is 14.9 Å². The molecular weight excluding hydrogens is 242 g/mol. The molecule has 1 atom stereocenters. The van der Waals surface area contributed by atoms with Gasteiger partial charge in [-0.05, 0) is 37.3 Å². The van der Waals surface area contributed by atoms with Crippen LogP contribution >= 0.6 is 0 Å². The predicted molar refractivity (Wildman–Crippen MR) is 70.3 cm³/mol. The van der Waals surface area contributed by atoms with Gasteiger partial charge in [0.2, 0.25) is 5.82 Å². The largest absolute Gasteiger partial charge is 0.481 e. The van der Waals surface area contributed by atoms with Crippen LogP contribution in [0.1, 0.15) is 25.1 Å².